The number of hydrogen-bond acceptors (Lipinski definition) is 2. The van der Waals surface area contributed by atoms with Crippen molar-refractivity contribution in [2.75, 3.05) is 6.54 Å². The van der Waals surface area contributed by atoms with Gasteiger partial charge >= 0.3 is 0 Å². The van der Waals surface area contributed by atoms with Gasteiger partial charge in [-0.15, -0.1) is 0 Å². The molecule has 0 saturated carbocycles. The molecule has 0 aliphatic carbocycles. The minimum atomic E-state index is -0.681. The molecule has 3 nitrogen and oxygen atoms in total. The highest BCUT2D eigenvalue weighted by Gasteiger charge is 2.29. The lowest BCUT2D eigenvalue weighted by Crippen LogP contribution is -2.34. The van der Waals surface area contributed by atoms with E-state index in [2.05, 4.69) is 13.8 Å². The van der Waals surface area contributed by atoms with Crippen LogP contribution >= 0.6 is 0 Å². The molecule has 3 heteroatoms. The molecule has 0 aromatic carbocycles. The Morgan fingerprint density at radius 1 is 1.62 bits per heavy atom. The summed E-state index contributed by atoms with van der Waals surface area (Å²) >= 11 is 0. The summed E-state index contributed by atoms with van der Waals surface area (Å²) in [7, 11) is 0. The molecule has 1 rings (SSSR count). The highest BCUT2D eigenvalue weighted by atomic mass is 16.3. The quantitative estimate of drug-likeness (QED) is 0.712. The first kappa shape index (κ1) is 10.3. The number of likely N-dealkylation sites (N-methyl/N-ethyl adjacent to an activating group) is 1. The minimum Gasteiger partial charge on any atom is -0.369 e. The molecule has 1 atom stereocenters. The van der Waals surface area contributed by atoms with E-state index in [-0.39, 0.29) is 5.91 Å². The molecular formula is C10H17NO2. The van der Waals surface area contributed by atoms with Gasteiger partial charge in [-0.05, 0) is 24.8 Å². The first-order chi connectivity index (χ1) is 6.06. The van der Waals surface area contributed by atoms with Gasteiger partial charge in [0.15, 0.2) is 6.23 Å². The monoisotopic (exact) mass is 183 g/mol. The molecule has 0 aromatic heterocycles. The van der Waals surface area contributed by atoms with Gasteiger partial charge in [0, 0.05) is 12.6 Å². The summed E-state index contributed by atoms with van der Waals surface area (Å²) in [5.41, 5.74) is 0.849. The maximum atomic E-state index is 11.3. The van der Waals surface area contributed by atoms with Crippen molar-refractivity contribution >= 4 is 5.91 Å². The standard InChI is InChI=1S/C10H17NO2/c1-4-11-9(12)6-8(10(11)13)5-7(2)3/h6-7,10,13H,4-5H2,1-3H3. The zero-order chi connectivity index (χ0) is 10.0. The number of rotatable bonds is 3. The lowest BCUT2D eigenvalue weighted by molar-refractivity contribution is -0.130. The van der Waals surface area contributed by atoms with Crippen molar-refractivity contribution in [1.29, 1.82) is 0 Å². The van der Waals surface area contributed by atoms with Crippen LogP contribution in [0.15, 0.2) is 11.6 Å². The minimum absolute atomic E-state index is 0.0642. The molecule has 74 valence electrons. The lowest BCUT2D eigenvalue weighted by Gasteiger charge is -2.21. The van der Waals surface area contributed by atoms with Crippen LogP contribution in [0.1, 0.15) is 27.2 Å². The van der Waals surface area contributed by atoms with Gasteiger partial charge in [0.2, 0.25) is 5.91 Å². The van der Waals surface area contributed by atoms with Gasteiger partial charge in [-0.2, -0.15) is 0 Å². The van der Waals surface area contributed by atoms with E-state index in [0.29, 0.717) is 12.5 Å². The van der Waals surface area contributed by atoms with Crippen LogP contribution in [0.3, 0.4) is 0 Å². The van der Waals surface area contributed by atoms with E-state index in [1.54, 1.807) is 6.08 Å². The first-order valence-corrected chi connectivity index (χ1v) is 4.75. The van der Waals surface area contributed by atoms with E-state index in [1.165, 1.54) is 4.90 Å². The van der Waals surface area contributed by atoms with Crippen LogP contribution in [0.5, 0.6) is 0 Å². The molecule has 0 aromatic rings. The van der Waals surface area contributed by atoms with E-state index in [1.807, 2.05) is 6.92 Å². The largest absolute Gasteiger partial charge is 0.369 e. The molecule has 0 fully saturated rings. The Kier molecular flexibility index (Phi) is 3.09. The number of aliphatic hydroxyl groups is 1. The van der Waals surface area contributed by atoms with Gasteiger partial charge < -0.3 is 10.0 Å². The van der Waals surface area contributed by atoms with Crippen molar-refractivity contribution in [2.24, 2.45) is 5.92 Å². The molecule has 0 bridgehead atoms. The van der Waals surface area contributed by atoms with Gasteiger partial charge in [0.05, 0.1) is 0 Å². The number of amides is 1. The van der Waals surface area contributed by atoms with Crippen molar-refractivity contribution in [3.63, 3.8) is 0 Å². The van der Waals surface area contributed by atoms with Crippen LogP contribution in [0.2, 0.25) is 0 Å². The Morgan fingerprint density at radius 3 is 2.62 bits per heavy atom. The summed E-state index contributed by atoms with van der Waals surface area (Å²) in [6.07, 6.45) is 1.68. The predicted molar refractivity (Wildman–Crippen MR) is 50.9 cm³/mol. The van der Waals surface area contributed by atoms with Gasteiger partial charge in [0.1, 0.15) is 0 Å². The molecule has 1 amide bonds. The highest BCUT2D eigenvalue weighted by molar-refractivity contribution is 5.91. The third-order valence-electron chi connectivity index (χ3n) is 2.20. The average molecular weight is 183 g/mol. The lowest BCUT2D eigenvalue weighted by atomic mass is 10.0. The van der Waals surface area contributed by atoms with E-state index < -0.39 is 6.23 Å². The molecule has 1 N–H and O–H groups in total. The fraction of sp³-hybridized carbons (Fsp3) is 0.700. The Hall–Kier alpha value is -0.830. The van der Waals surface area contributed by atoms with Crippen LogP contribution in [0.4, 0.5) is 0 Å². The van der Waals surface area contributed by atoms with Gasteiger partial charge in [-0.1, -0.05) is 13.8 Å². The summed E-state index contributed by atoms with van der Waals surface area (Å²) in [5.74, 6) is 0.413. The smallest absolute Gasteiger partial charge is 0.248 e. The number of carbonyl (C=O) groups is 1. The topological polar surface area (TPSA) is 40.5 Å². The Morgan fingerprint density at radius 2 is 2.23 bits per heavy atom. The molecule has 0 radical (unpaired) electrons. The van der Waals surface area contributed by atoms with Crippen LogP contribution in [-0.4, -0.2) is 28.7 Å². The maximum Gasteiger partial charge on any atom is 0.248 e. The van der Waals surface area contributed by atoms with Crippen LogP contribution < -0.4 is 0 Å². The molecule has 1 unspecified atom stereocenters. The van der Waals surface area contributed by atoms with Gasteiger partial charge in [-0.3, -0.25) is 4.79 Å². The summed E-state index contributed by atoms with van der Waals surface area (Å²) in [4.78, 5) is 12.8. The fourth-order valence-corrected chi connectivity index (χ4v) is 1.60. The van der Waals surface area contributed by atoms with Gasteiger partial charge in [-0.25, -0.2) is 0 Å². The van der Waals surface area contributed by atoms with E-state index in [9.17, 15) is 9.90 Å². The zero-order valence-corrected chi connectivity index (χ0v) is 8.45. The van der Waals surface area contributed by atoms with E-state index >= 15 is 0 Å². The Balaban J connectivity index is 2.68. The van der Waals surface area contributed by atoms with Crippen LogP contribution in [-0.2, 0) is 4.79 Å². The highest BCUT2D eigenvalue weighted by Crippen LogP contribution is 2.23. The van der Waals surface area contributed by atoms with Crippen LogP contribution in [0.25, 0.3) is 0 Å². The van der Waals surface area contributed by atoms with Crippen molar-refractivity contribution in [2.45, 2.75) is 33.4 Å². The number of hydrogen-bond donors (Lipinski definition) is 1. The summed E-state index contributed by atoms with van der Waals surface area (Å²) in [5, 5.41) is 9.70. The zero-order valence-electron chi connectivity index (χ0n) is 8.45. The second-order valence-electron chi connectivity index (χ2n) is 3.82. The van der Waals surface area contributed by atoms with Gasteiger partial charge in [0.25, 0.3) is 0 Å². The normalized spacial score (nSPS) is 22.8. The summed E-state index contributed by atoms with van der Waals surface area (Å²) < 4.78 is 0. The predicted octanol–water partition coefficient (Wildman–Crippen LogP) is 1.14. The second-order valence-corrected chi connectivity index (χ2v) is 3.82. The average Bonchev–Trinajstić information content (AvgIpc) is 2.26. The van der Waals surface area contributed by atoms with E-state index in [0.717, 1.165) is 12.0 Å². The molecule has 1 aliphatic heterocycles. The van der Waals surface area contributed by atoms with Crippen LogP contribution in [0, 0.1) is 5.92 Å². The third kappa shape index (κ3) is 2.10. The first-order valence-electron chi connectivity index (χ1n) is 4.75. The van der Waals surface area contributed by atoms with Crippen molar-refractivity contribution < 1.29 is 9.90 Å². The van der Waals surface area contributed by atoms with E-state index in [4.69, 9.17) is 0 Å². The van der Waals surface area contributed by atoms with Crippen molar-refractivity contribution in [3.8, 4) is 0 Å². The molecule has 0 spiro atoms. The Bertz CT molecular complexity index is 233. The molecule has 1 aliphatic rings. The number of nitrogens with zero attached hydrogens (tertiary/aromatic N) is 1. The summed E-state index contributed by atoms with van der Waals surface area (Å²) in [6, 6.07) is 0. The molecule has 0 saturated heterocycles. The fourth-order valence-electron chi connectivity index (χ4n) is 1.60. The summed E-state index contributed by atoms with van der Waals surface area (Å²) in [6.45, 7) is 6.59. The Labute approximate surface area is 79.0 Å². The molecular weight excluding hydrogens is 166 g/mol. The van der Waals surface area contributed by atoms with Crippen molar-refractivity contribution in [1.82, 2.24) is 4.90 Å². The maximum absolute atomic E-state index is 11.3. The number of aliphatic hydroxyl groups excluding tert-OH is 1. The molecule has 1 heterocycles. The third-order valence-corrected chi connectivity index (χ3v) is 2.20. The SMILES string of the molecule is CCN1C(=O)C=C(CC(C)C)C1O. The molecule has 13 heavy (non-hydrogen) atoms. The number of carbonyl (C=O) groups excluding carboxylic acids is 1. The second kappa shape index (κ2) is 3.92. The van der Waals surface area contributed by atoms with Crippen molar-refractivity contribution in [3.05, 3.63) is 11.6 Å².